The minimum absolute atomic E-state index is 0. The van der Waals surface area contributed by atoms with Crippen molar-refractivity contribution in [2.75, 3.05) is 0 Å². The summed E-state index contributed by atoms with van der Waals surface area (Å²) in [6, 6.07) is 6.99. The van der Waals surface area contributed by atoms with Gasteiger partial charge in [-0.05, 0) is 27.5 Å². The van der Waals surface area contributed by atoms with Gasteiger partial charge in [-0.15, -0.1) is 0 Å². The highest BCUT2D eigenvalue weighted by molar-refractivity contribution is 5.53. The van der Waals surface area contributed by atoms with Crippen LogP contribution in [0.2, 0.25) is 0 Å². The Kier molecular flexibility index (Phi) is 2.98. The molecule has 0 aromatic heterocycles. The van der Waals surface area contributed by atoms with Crippen LogP contribution in [0.4, 0.5) is 0 Å². The molecule has 1 unspecified atom stereocenters. The zero-order valence-corrected chi connectivity index (χ0v) is 11.3. The summed E-state index contributed by atoms with van der Waals surface area (Å²) >= 11 is 0. The van der Waals surface area contributed by atoms with Gasteiger partial charge in [0.25, 0.3) is 0 Å². The quantitative estimate of drug-likeness (QED) is 0.639. The van der Waals surface area contributed by atoms with Crippen molar-refractivity contribution in [2.24, 2.45) is 5.41 Å². The van der Waals surface area contributed by atoms with E-state index in [0.29, 0.717) is 11.3 Å². The molecule has 3 rings (SSSR count). The molecule has 0 amide bonds. The van der Waals surface area contributed by atoms with Crippen LogP contribution >= 0.6 is 0 Å². The van der Waals surface area contributed by atoms with E-state index >= 15 is 0 Å². The third-order valence-electron chi connectivity index (χ3n) is 3.39. The van der Waals surface area contributed by atoms with Gasteiger partial charge in [0.15, 0.2) is 0 Å². The summed E-state index contributed by atoms with van der Waals surface area (Å²) in [7, 11) is 0. The Morgan fingerprint density at radius 2 is 1.50 bits per heavy atom. The minimum atomic E-state index is 0. The van der Waals surface area contributed by atoms with Crippen LogP contribution in [0, 0.1) is 5.41 Å². The molecule has 0 saturated heterocycles. The van der Waals surface area contributed by atoms with E-state index in [1.54, 1.807) is 5.56 Å². The Hall–Kier alpha value is -0.820. The van der Waals surface area contributed by atoms with E-state index in [1.165, 1.54) is 11.1 Å². The highest BCUT2D eigenvalue weighted by Crippen LogP contribution is 2.50. The lowest BCUT2D eigenvalue weighted by molar-refractivity contribution is 0.339. The minimum Gasteiger partial charge on any atom is -0.412 e. The van der Waals surface area contributed by atoms with Gasteiger partial charge in [-0.3, -0.25) is 0 Å². The molecule has 2 N–H and O–H groups in total. The molecule has 90 valence electrons. The lowest BCUT2D eigenvalue weighted by atomic mass is 9.62. The number of hydrogen-bond donors (Lipinski definition) is 0. The second-order valence-corrected chi connectivity index (χ2v) is 6.90. The van der Waals surface area contributed by atoms with Crippen molar-refractivity contribution in [1.29, 1.82) is 0 Å². The average Bonchev–Trinajstić information content (AvgIpc) is 1.98. The largest absolute Gasteiger partial charge is 0.412 e. The second-order valence-electron chi connectivity index (χ2n) is 6.90. The molecule has 1 heteroatoms. The first-order chi connectivity index (χ1) is 6.71. The van der Waals surface area contributed by atoms with E-state index in [2.05, 4.69) is 59.7 Å². The molecule has 2 aliphatic rings. The van der Waals surface area contributed by atoms with E-state index < -0.39 is 0 Å². The molecule has 1 aromatic rings. The summed E-state index contributed by atoms with van der Waals surface area (Å²) < 4.78 is 0. The highest BCUT2D eigenvalue weighted by atomic mass is 16.0. The van der Waals surface area contributed by atoms with Gasteiger partial charge < -0.3 is 5.48 Å². The standard InChI is InChI=1S/C15H22.H2O/c1-14(2,3)12-8-7-10-9-11(12)13(10)15(4,5)6;/h7-9,13H,1-6H3;1H2. The summed E-state index contributed by atoms with van der Waals surface area (Å²) in [6.45, 7) is 13.9. The molecule has 0 spiro atoms. The van der Waals surface area contributed by atoms with Crippen LogP contribution in [0.25, 0.3) is 0 Å². The van der Waals surface area contributed by atoms with E-state index in [1.807, 2.05) is 0 Å². The van der Waals surface area contributed by atoms with Crippen LogP contribution in [0.15, 0.2) is 18.2 Å². The van der Waals surface area contributed by atoms with Gasteiger partial charge in [-0.1, -0.05) is 59.7 Å². The van der Waals surface area contributed by atoms with Crippen LogP contribution in [0.1, 0.15) is 64.2 Å². The van der Waals surface area contributed by atoms with E-state index in [4.69, 9.17) is 0 Å². The van der Waals surface area contributed by atoms with Crippen LogP contribution in [0.3, 0.4) is 0 Å². The van der Waals surface area contributed by atoms with Crippen molar-refractivity contribution in [3.05, 3.63) is 34.9 Å². The van der Waals surface area contributed by atoms with Crippen molar-refractivity contribution in [2.45, 2.75) is 52.9 Å². The lowest BCUT2D eigenvalue weighted by Crippen LogP contribution is -2.30. The molecular weight excluding hydrogens is 196 g/mol. The van der Waals surface area contributed by atoms with Gasteiger partial charge >= 0.3 is 0 Å². The maximum Gasteiger partial charge on any atom is 0.0141 e. The van der Waals surface area contributed by atoms with E-state index in [-0.39, 0.29) is 10.9 Å². The second kappa shape index (κ2) is 3.59. The molecule has 2 bridgehead atoms. The monoisotopic (exact) mass is 220 g/mol. The molecule has 0 aliphatic heterocycles. The molecule has 0 fully saturated rings. The maximum atomic E-state index is 2.37. The van der Waals surface area contributed by atoms with Crippen LogP contribution in [-0.2, 0) is 5.41 Å². The molecule has 0 heterocycles. The van der Waals surface area contributed by atoms with Gasteiger partial charge in [0, 0.05) is 5.92 Å². The smallest absolute Gasteiger partial charge is 0.0141 e. The highest BCUT2D eigenvalue weighted by Gasteiger charge is 2.38. The van der Waals surface area contributed by atoms with E-state index in [9.17, 15) is 0 Å². The number of benzene rings is 1. The fourth-order valence-electron chi connectivity index (χ4n) is 2.73. The van der Waals surface area contributed by atoms with Gasteiger partial charge in [-0.25, -0.2) is 0 Å². The number of fused-ring (bicyclic) bond motifs is 2. The van der Waals surface area contributed by atoms with E-state index in [0.717, 1.165) is 0 Å². The van der Waals surface area contributed by atoms with Gasteiger partial charge in [-0.2, -0.15) is 0 Å². The third-order valence-corrected chi connectivity index (χ3v) is 3.39. The molecule has 1 aromatic carbocycles. The van der Waals surface area contributed by atoms with Crippen LogP contribution in [-0.4, -0.2) is 5.48 Å². The number of hydrogen-bond acceptors (Lipinski definition) is 0. The molecule has 1 atom stereocenters. The van der Waals surface area contributed by atoms with Crippen molar-refractivity contribution in [3.63, 3.8) is 0 Å². The van der Waals surface area contributed by atoms with Gasteiger partial charge in [0.05, 0.1) is 0 Å². The molecule has 2 aliphatic carbocycles. The zero-order valence-electron chi connectivity index (χ0n) is 11.3. The Labute approximate surface area is 99.2 Å². The molecular formula is C15H24O. The summed E-state index contributed by atoms with van der Waals surface area (Å²) in [5.41, 5.74) is 5.26. The normalized spacial score (nSPS) is 18.8. The van der Waals surface area contributed by atoms with Crippen molar-refractivity contribution in [3.8, 4) is 0 Å². The molecule has 0 radical (unpaired) electrons. The predicted octanol–water partition coefficient (Wildman–Crippen LogP) is 3.65. The van der Waals surface area contributed by atoms with Crippen LogP contribution in [0.5, 0.6) is 0 Å². The first-order valence-electron chi connectivity index (χ1n) is 5.85. The van der Waals surface area contributed by atoms with Gasteiger partial charge in [0.2, 0.25) is 0 Å². The summed E-state index contributed by atoms with van der Waals surface area (Å²) in [5.74, 6) is 0.664. The first kappa shape index (κ1) is 13.2. The topological polar surface area (TPSA) is 31.5 Å². The Morgan fingerprint density at radius 3 is 1.88 bits per heavy atom. The van der Waals surface area contributed by atoms with Crippen LogP contribution < -0.4 is 0 Å². The SMILES string of the molecule is CC(C)(C)c1ccc2cc1C2C(C)(C)C.O. The summed E-state index contributed by atoms with van der Waals surface area (Å²) in [5, 5.41) is 0. The maximum absolute atomic E-state index is 2.37. The van der Waals surface area contributed by atoms with Crippen molar-refractivity contribution >= 4 is 0 Å². The van der Waals surface area contributed by atoms with Crippen molar-refractivity contribution in [1.82, 2.24) is 0 Å². The Morgan fingerprint density at radius 1 is 0.938 bits per heavy atom. The molecule has 16 heavy (non-hydrogen) atoms. The third kappa shape index (κ3) is 1.89. The molecule has 1 nitrogen and oxygen atoms in total. The summed E-state index contributed by atoms with van der Waals surface area (Å²) in [4.78, 5) is 0. The Bertz CT molecular complexity index is 387. The fraction of sp³-hybridized carbons (Fsp3) is 0.600. The lowest BCUT2D eigenvalue weighted by Gasteiger charge is -2.42. The fourth-order valence-corrected chi connectivity index (χ4v) is 2.73. The van der Waals surface area contributed by atoms with Crippen molar-refractivity contribution < 1.29 is 5.48 Å². The summed E-state index contributed by atoms with van der Waals surface area (Å²) in [6.07, 6.45) is 0. The van der Waals surface area contributed by atoms with Gasteiger partial charge in [0.1, 0.15) is 0 Å². The predicted molar refractivity (Wildman–Crippen MR) is 70.1 cm³/mol. The number of rotatable bonds is 0. The zero-order chi connectivity index (χ0) is 11.4. The average molecular weight is 220 g/mol. The molecule has 0 saturated carbocycles. The Balaban J connectivity index is 0.00000128. The first-order valence-corrected chi connectivity index (χ1v) is 5.85.